The number of hydrogen-bond donors (Lipinski definition) is 1. The molecule has 3 atom stereocenters. The molecule has 1 heterocycles. The summed E-state index contributed by atoms with van der Waals surface area (Å²) in [5.41, 5.74) is 0.319. The van der Waals surface area contributed by atoms with E-state index in [1.807, 2.05) is 0 Å². The SMILES string of the molecule is CC1CN(CC2CC(C)(C)CCC2=O)CCC1O. The van der Waals surface area contributed by atoms with Crippen molar-refractivity contribution >= 4 is 5.78 Å². The first-order valence-electron chi connectivity index (χ1n) is 7.30. The maximum atomic E-state index is 12.0. The molecule has 1 aliphatic carbocycles. The fourth-order valence-corrected chi connectivity index (χ4v) is 3.41. The van der Waals surface area contributed by atoms with Crippen LogP contribution in [0, 0.1) is 17.3 Å². The topological polar surface area (TPSA) is 40.5 Å². The minimum atomic E-state index is -0.153. The molecule has 104 valence electrons. The molecule has 2 fully saturated rings. The molecule has 3 nitrogen and oxygen atoms in total. The maximum Gasteiger partial charge on any atom is 0.137 e. The molecule has 2 aliphatic rings. The van der Waals surface area contributed by atoms with E-state index in [0.717, 1.165) is 45.3 Å². The van der Waals surface area contributed by atoms with Gasteiger partial charge in [0.15, 0.2) is 0 Å². The normalized spacial score (nSPS) is 37.8. The van der Waals surface area contributed by atoms with E-state index in [1.54, 1.807) is 0 Å². The van der Waals surface area contributed by atoms with Gasteiger partial charge in [0.25, 0.3) is 0 Å². The zero-order chi connectivity index (χ0) is 13.3. The highest BCUT2D eigenvalue weighted by molar-refractivity contribution is 5.82. The predicted molar refractivity (Wildman–Crippen MR) is 72.4 cm³/mol. The van der Waals surface area contributed by atoms with Gasteiger partial charge in [-0.25, -0.2) is 0 Å². The van der Waals surface area contributed by atoms with Crippen molar-refractivity contribution in [1.82, 2.24) is 4.90 Å². The highest BCUT2D eigenvalue weighted by Crippen LogP contribution is 2.37. The number of aliphatic hydroxyl groups excluding tert-OH is 1. The van der Waals surface area contributed by atoms with Crippen LogP contribution in [0.4, 0.5) is 0 Å². The number of carbonyl (C=O) groups is 1. The lowest BCUT2D eigenvalue weighted by Gasteiger charge is -2.40. The van der Waals surface area contributed by atoms with Gasteiger partial charge < -0.3 is 10.0 Å². The Morgan fingerprint density at radius 1 is 1.44 bits per heavy atom. The van der Waals surface area contributed by atoms with Crippen molar-refractivity contribution in [2.45, 2.75) is 52.6 Å². The van der Waals surface area contributed by atoms with Crippen LogP contribution < -0.4 is 0 Å². The molecule has 0 amide bonds. The van der Waals surface area contributed by atoms with Crippen molar-refractivity contribution < 1.29 is 9.90 Å². The van der Waals surface area contributed by atoms with Crippen LogP contribution in [0.15, 0.2) is 0 Å². The Kier molecular flexibility index (Phi) is 4.12. The Morgan fingerprint density at radius 3 is 2.83 bits per heavy atom. The Balaban J connectivity index is 1.90. The number of nitrogens with zero attached hydrogens (tertiary/aromatic N) is 1. The second kappa shape index (κ2) is 5.30. The van der Waals surface area contributed by atoms with Crippen LogP contribution in [0.3, 0.4) is 0 Å². The van der Waals surface area contributed by atoms with Crippen LogP contribution >= 0.6 is 0 Å². The third-order valence-electron chi connectivity index (χ3n) is 4.73. The number of ketones is 1. The lowest BCUT2D eigenvalue weighted by molar-refractivity contribution is -0.128. The minimum Gasteiger partial charge on any atom is -0.393 e. The van der Waals surface area contributed by atoms with Crippen molar-refractivity contribution in [1.29, 1.82) is 0 Å². The molecule has 3 unspecified atom stereocenters. The fourth-order valence-electron chi connectivity index (χ4n) is 3.41. The van der Waals surface area contributed by atoms with Crippen LogP contribution in [0.25, 0.3) is 0 Å². The number of rotatable bonds is 2. The molecular weight excluding hydrogens is 226 g/mol. The summed E-state index contributed by atoms with van der Waals surface area (Å²) in [6, 6.07) is 0. The zero-order valence-electron chi connectivity index (χ0n) is 12.0. The van der Waals surface area contributed by atoms with Crippen LogP contribution in [-0.4, -0.2) is 41.5 Å². The van der Waals surface area contributed by atoms with E-state index in [1.165, 1.54) is 0 Å². The van der Waals surface area contributed by atoms with Gasteiger partial charge in [-0.2, -0.15) is 0 Å². The van der Waals surface area contributed by atoms with Gasteiger partial charge in [0.05, 0.1) is 6.10 Å². The molecule has 1 saturated carbocycles. The van der Waals surface area contributed by atoms with Gasteiger partial charge in [0.1, 0.15) is 5.78 Å². The van der Waals surface area contributed by atoms with Gasteiger partial charge in [0, 0.05) is 32.0 Å². The van der Waals surface area contributed by atoms with E-state index in [-0.39, 0.29) is 12.0 Å². The van der Waals surface area contributed by atoms with E-state index >= 15 is 0 Å². The third kappa shape index (κ3) is 3.33. The summed E-state index contributed by atoms with van der Waals surface area (Å²) in [5.74, 6) is 1.01. The average molecular weight is 253 g/mol. The molecule has 1 N–H and O–H groups in total. The summed E-state index contributed by atoms with van der Waals surface area (Å²) < 4.78 is 0. The van der Waals surface area contributed by atoms with Gasteiger partial charge in [-0.1, -0.05) is 20.8 Å². The Labute approximate surface area is 111 Å². The number of carbonyl (C=O) groups excluding carboxylic acids is 1. The monoisotopic (exact) mass is 253 g/mol. The lowest BCUT2D eigenvalue weighted by atomic mass is 9.71. The molecule has 0 bridgehead atoms. The largest absolute Gasteiger partial charge is 0.393 e. The Morgan fingerprint density at radius 2 is 2.17 bits per heavy atom. The van der Waals surface area contributed by atoms with Crippen LogP contribution in [0.1, 0.15) is 46.5 Å². The number of hydrogen-bond acceptors (Lipinski definition) is 3. The third-order valence-corrected chi connectivity index (χ3v) is 4.73. The molecule has 0 aromatic carbocycles. The maximum absolute atomic E-state index is 12.0. The fraction of sp³-hybridized carbons (Fsp3) is 0.933. The van der Waals surface area contributed by atoms with E-state index < -0.39 is 0 Å². The van der Waals surface area contributed by atoms with Gasteiger partial charge in [-0.15, -0.1) is 0 Å². The van der Waals surface area contributed by atoms with Gasteiger partial charge in [0.2, 0.25) is 0 Å². The van der Waals surface area contributed by atoms with Crippen molar-refractivity contribution in [3.63, 3.8) is 0 Å². The summed E-state index contributed by atoms with van der Waals surface area (Å²) in [4.78, 5) is 14.4. The van der Waals surface area contributed by atoms with Crippen molar-refractivity contribution in [2.75, 3.05) is 19.6 Å². The van der Waals surface area contributed by atoms with Crippen LogP contribution in [0.2, 0.25) is 0 Å². The molecular formula is C15H27NO2. The first kappa shape index (κ1) is 14.0. The van der Waals surface area contributed by atoms with E-state index in [2.05, 4.69) is 25.7 Å². The number of aliphatic hydroxyl groups is 1. The molecule has 0 aromatic heterocycles. The van der Waals surface area contributed by atoms with Crippen LogP contribution in [0.5, 0.6) is 0 Å². The number of likely N-dealkylation sites (tertiary alicyclic amines) is 1. The van der Waals surface area contributed by atoms with E-state index in [0.29, 0.717) is 17.1 Å². The average Bonchev–Trinajstić information content (AvgIpc) is 2.28. The summed E-state index contributed by atoms with van der Waals surface area (Å²) >= 11 is 0. The summed E-state index contributed by atoms with van der Waals surface area (Å²) in [6.07, 6.45) is 3.52. The standard InChI is InChI=1S/C15H27NO2/c1-11-9-16(7-5-13(11)17)10-12-8-15(2,3)6-4-14(12)18/h11-13,17H,4-10H2,1-3H3. The first-order valence-corrected chi connectivity index (χ1v) is 7.30. The number of piperidine rings is 1. The van der Waals surface area contributed by atoms with Crippen molar-refractivity contribution in [3.05, 3.63) is 0 Å². The molecule has 0 radical (unpaired) electrons. The predicted octanol–water partition coefficient (Wildman–Crippen LogP) is 2.08. The second-order valence-corrected chi connectivity index (χ2v) is 7.12. The lowest BCUT2D eigenvalue weighted by Crippen LogP contribution is -2.46. The van der Waals surface area contributed by atoms with Gasteiger partial charge in [-0.05, 0) is 30.6 Å². The zero-order valence-corrected chi connectivity index (χ0v) is 12.0. The molecule has 1 saturated heterocycles. The van der Waals surface area contributed by atoms with Crippen molar-refractivity contribution in [2.24, 2.45) is 17.3 Å². The molecule has 0 spiro atoms. The van der Waals surface area contributed by atoms with E-state index in [9.17, 15) is 9.90 Å². The Hall–Kier alpha value is -0.410. The quantitative estimate of drug-likeness (QED) is 0.819. The highest BCUT2D eigenvalue weighted by atomic mass is 16.3. The summed E-state index contributed by atoms with van der Waals surface area (Å²) in [7, 11) is 0. The highest BCUT2D eigenvalue weighted by Gasteiger charge is 2.35. The second-order valence-electron chi connectivity index (χ2n) is 7.12. The molecule has 18 heavy (non-hydrogen) atoms. The molecule has 1 aliphatic heterocycles. The summed E-state index contributed by atoms with van der Waals surface area (Å²) in [6.45, 7) is 9.42. The Bertz CT molecular complexity index is 314. The molecule has 0 aromatic rings. The number of Topliss-reactive ketones (excluding diaryl/α,β-unsaturated/α-hetero) is 1. The van der Waals surface area contributed by atoms with E-state index in [4.69, 9.17) is 0 Å². The van der Waals surface area contributed by atoms with Crippen LogP contribution in [-0.2, 0) is 4.79 Å². The first-order chi connectivity index (χ1) is 8.37. The minimum absolute atomic E-state index is 0.153. The smallest absolute Gasteiger partial charge is 0.137 e. The van der Waals surface area contributed by atoms with Crippen molar-refractivity contribution in [3.8, 4) is 0 Å². The van der Waals surface area contributed by atoms with Gasteiger partial charge >= 0.3 is 0 Å². The molecule has 3 heteroatoms. The summed E-state index contributed by atoms with van der Waals surface area (Å²) in [5, 5.41) is 9.74. The molecule has 2 rings (SSSR count). The van der Waals surface area contributed by atoms with Gasteiger partial charge in [-0.3, -0.25) is 4.79 Å².